The quantitative estimate of drug-likeness (QED) is 0.150. The average molecular weight is 483 g/mol. The predicted octanol–water partition coefficient (Wildman–Crippen LogP) is 5.53. The smallest absolute Gasteiger partial charge is 0.336 e. The van der Waals surface area contributed by atoms with E-state index in [9.17, 15) is 9.59 Å². The van der Waals surface area contributed by atoms with Crippen LogP contribution < -0.4 is 14.9 Å². The Labute approximate surface area is 201 Å². The van der Waals surface area contributed by atoms with Crippen LogP contribution in [0.1, 0.15) is 18.1 Å². The Hall–Kier alpha value is -3.61. The number of ether oxygens (including phenoxy) is 2. The van der Waals surface area contributed by atoms with E-state index in [1.807, 2.05) is 30.3 Å². The molecule has 3 rings (SSSR count). The molecule has 0 saturated heterocycles. The topological polar surface area (TPSA) is 77.0 Å². The number of hydrogen-bond acceptors (Lipinski definition) is 5. The molecule has 3 aromatic carbocycles. The molecule has 0 aliphatic rings. The lowest BCUT2D eigenvalue weighted by Crippen LogP contribution is -2.33. The van der Waals surface area contributed by atoms with E-state index in [1.54, 1.807) is 49.4 Å². The maximum Gasteiger partial charge on any atom is 0.336 e. The van der Waals surface area contributed by atoms with Crippen molar-refractivity contribution in [3.63, 3.8) is 0 Å². The third kappa shape index (κ3) is 7.79. The monoisotopic (exact) mass is 482 g/mol. The summed E-state index contributed by atoms with van der Waals surface area (Å²) in [7, 11) is 0. The Morgan fingerprint density at radius 1 is 0.970 bits per heavy atom. The van der Waals surface area contributed by atoms with Crippen LogP contribution in [0.15, 0.2) is 84.0 Å². The first-order valence-electron chi connectivity index (χ1n) is 9.90. The van der Waals surface area contributed by atoms with E-state index < -0.39 is 18.0 Å². The molecule has 0 spiro atoms. The third-order valence-electron chi connectivity index (χ3n) is 4.27. The Kier molecular flexibility index (Phi) is 8.63. The molecule has 0 aliphatic heterocycles. The van der Waals surface area contributed by atoms with Gasteiger partial charge in [-0.15, -0.1) is 0 Å². The summed E-state index contributed by atoms with van der Waals surface area (Å²) in [4.78, 5) is 24.1. The molecule has 168 valence electrons. The summed E-state index contributed by atoms with van der Waals surface area (Å²) < 4.78 is 10.8. The number of rotatable bonds is 8. The molecule has 3 aromatic rings. The van der Waals surface area contributed by atoms with E-state index in [1.165, 1.54) is 18.4 Å². The van der Waals surface area contributed by atoms with Crippen molar-refractivity contribution in [2.75, 3.05) is 0 Å². The van der Waals surface area contributed by atoms with Crippen molar-refractivity contribution in [1.29, 1.82) is 0 Å². The molecule has 0 aromatic heterocycles. The summed E-state index contributed by atoms with van der Waals surface area (Å²) in [6.07, 6.45) is 3.67. The number of carbonyl (C=O) groups excluding carboxylic acids is 2. The standard InChI is InChI=1S/C25H20Cl2N2O4/c1-17(32-23-13-10-20(26)15-22(23)27)25(31)29-28-16-19-7-11-21(12-8-19)33-24(30)14-9-18-5-3-2-4-6-18/h2-17H,1H3,(H,29,31)/b14-9+,28-16+. The van der Waals surface area contributed by atoms with Crippen LogP contribution in [0, 0.1) is 0 Å². The molecule has 1 unspecified atom stereocenters. The van der Waals surface area contributed by atoms with E-state index >= 15 is 0 Å². The van der Waals surface area contributed by atoms with Gasteiger partial charge >= 0.3 is 5.97 Å². The Morgan fingerprint density at radius 2 is 1.70 bits per heavy atom. The van der Waals surface area contributed by atoms with Gasteiger partial charge in [0, 0.05) is 11.1 Å². The van der Waals surface area contributed by atoms with E-state index in [0.717, 1.165) is 5.56 Å². The summed E-state index contributed by atoms with van der Waals surface area (Å²) in [5, 5.41) is 4.70. The minimum atomic E-state index is -0.827. The van der Waals surface area contributed by atoms with Crippen molar-refractivity contribution >= 4 is 47.4 Å². The SMILES string of the molecule is CC(Oc1ccc(Cl)cc1Cl)C(=O)N/N=C/c1ccc(OC(=O)/C=C/c2ccccc2)cc1. The summed E-state index contributed by atoms with van der Waals surface area (Å²) in [6, 6.07) is 20.8. The number of nitrogens with zero attached hydrogens (tertiary/aromatic N) is 1. The van der Waals surface area contributed by atoms with Gasteiger partial charge in [0.25, 0.3) is 5.91 Å². The van der Waals surface area contributed by atoms with Crippen LogP contribution >= 0.6 is 23.2 Å². The highest BCUT2D eigenvalue weighted by molar-refractivity contribution is 6.35. The highest BCUT2D eigenvalue weighted by atomic mass is 35.5. The maximum atomic E-state index is 12.2. The summed E-state index contributed by atoms with van der Waals surface area (Å²) in [5.74, 6) is -0.201. The Bertz CT molecular complexity index is 1160. The number of nitrogens with one attached hydrogen (secondary N) is 1. The van der Waals surface area contributed by atoms with Gasteiger partial charge in [-0.2, -0.15) is 5.10 Å². The fourth-order valence-corrected chi connectivity index (χ4v) is 3.03. The fraction of sp³-hybridized carbons (Fsp3) is 0.0800. The van der Waals surface area contributed by atoms with Crippen molar-refractivity contribution in [3.05, 3.63) is 100 Å². The number of hydrogen-bond donors (Lipinski definition) is 1. The van der Waals surface area contributed by atoms with Crippen molar-refractivity contribution in [1.82, 2.24) is 5.43 Å². The zero-order chi connectivity index (χ0) is 23.6. The van der Waals surface area contributed by atoms with Crippen LogP contribution in [0.25, 0.3) is 6.08 Å². The van der Waals surface area contributed by atoms with Gasteiger partial charge in [-0.05, 0) is 66.6 Å². The second kappa shape index (κ2) is 11.9. The van der Waals surface area contributed by atoms with E-state index in [0.29, 0.717) is 27.1 Å². The number of benzene rings is 3. The molecule has 1 amide bonds. The first-order chi connectivity index (χ1) is 15.9. The molecule has 33 heavy (non-hydrogen) atoms. The fourth-order valence-electron chi connectivity index (χ4n) is 2.58. The zero-order valence-electron chi connectivity index (χ0n) is 17.6. The molecular formula is C25H20Cl2N2O4. The number of amides is 1. The Morgan fingerprint density at radius 3 is 2.39 bits per heavy atom. The van der Waals surface area contributed by atoms with Crippen LogP contribution in [0.4, 0.5) is 0 Å². The maximum absolute atomic E-state index is 12.2. The highest BCUT2D eigenvalue weighted by Crippen LogP contribution is 2.28. The molecule has 8 heteroatoms. The lowest BCUT2D eigenvalue weighted by atomic mass is 10.2. The van der Waals surface area contributed by atoms with Gasteiger partial charge < -0.3 is 9.47 Å². The van der Waals surface area contributed by atoms with Crippen LogP contribution in [-0.2, 0) is 9.59 Å². The molecule has 0 heterocycles. The van der Waals surface area contributed by atoms with Crippen LogP contribution in [0.5, 0.6) is 11.5 Å². The lowest BCUT2D eigenvalue weighted by molar-refractivity contribution is -0.129. The summed E-state index contributed by atoms with van der Waals surface area (Å²) in [5.41, 5.74) is 4.00. The molecule has 0 aliphatic carbocycles. The van der Waals surface area contributed by atoms with Crippen molar-refractivity contribution in [3.8, 4) is 11.5 Å². The van der Waals surface area contributed by atoms with Crippen molar-refractivity contribution < 1.29 is 19.1 Å². The molecular weight excluding hydrogens is 463 g/mol. The molecule has 1 N–H and O–H groups in total. The zero-order valence-corrected chi connectivity index (χ0v) is 19.1. The average Bonchev–Trinajstić information content (AvgIpc) is 2.81. The van der Waals surface area contributed by atoms with Crippen molar-refractivity contribution in [2.45, 2.75) is 13.0 Å². The van der Waals surface area contributed by atoms with Gasteiger partial charge in [0.05, 0.1) is 11.2 Å². The van der Waals surface area contributed by atoms with Gasteiger partial charge in [0.2, 0.25) is 0 Å². The summed E-state index contributed by atoms with van der Waals surface area (Å²) >= 11 is 11.9. The summed E-state index contributed by atoms with van der Waals surface area (Å²) in [6.45, 7) is 1.57. The van der Waals surface area contributed by atoms with Gasteiger partial charge in [-0.3, -0.25) is 4.79 Å². The predicted molar refractivity (Wildman–Crippen MR) is 130 cm³/mol. The minimum absolute atomic E-state index is 0.307. The van der Waals surface area contributed by atoms with Gasteiger partial charge in [0.15, 0.2) is 6.10 Å². The van der Waals surface area contributed by atoms with Gasteiger partial charge in [-0.25, -0.2) is 10.2 Å². The third-order valence-corrected chi connectivity index (χ3v) is 4.80. The molecule has 0 bridgehead atoms. The second-order valence-electron chi connectivity index (χ2n) is 6.80. The van der Waals surface area contributed by atoms with E-state index in [4.69, 9.17) is 32.7 Å². The van der Waals surface area contributed by atoms with Crippen LogP contribution in [0.2, 0.25) is 10.0 Å². The van der Waals surface area contributed by atoms with E-state index in [-0.39, 0.29) is 0 Å². The normalized spacial score (nSPS) is 12.0. The van der Waals surface area contributed by atoms with Crippen molar-refractivity contribution in [2.24, 2.45) is 5.10 Å². The molecule has 0 fully saturated rings. The molecule has 1 atom stereocenters. The first kappa shape index (κ1) is 24.0. The molecule has 6 nitrogen and oxygen atoms in total. The number of hydrazone groups is 1. The largest absolute Gasteiger partial charge is 0.479 e. The highest BCUT2D eigenvalue weighted by Gasteiger charge is 2.15. The Balaban J connectivity index is 1.47. The lowest BCUT2D eigenvalue weighted by Gasteiger charge is -2.14. The molecule has 0 saturated carbocycles. The van der Waals surface area contributed by atoms with Crippen LogP contribution in [-0.4, -0.2) is 24.2 Å². The van der Waals surface area contributed by atoms with Gasteiger partial charge in [0.1, 0.15) is 11.5 Å². The molecule has 0 radical (unpaired) electrons. The van der Waals surface area contributed by atoms with Crippen LogP contribution in [0.3, 0.4) is 0 Å². The number of esters is 1. The van der Waals surface area contributed by atoms with Gasteiger partial charge in [-0.1, -0.05) is 53.5 Å². The number of carbonyl (C=O) groups is 2. The minimum Gasteiger partial charge on any atom is -0.479 e. The second-order valence-corrected chi connectivity index (χ2v) is 7.65. The number of halogens is 2. The van der Waals surface area contributed by atoms with E-state index in [2.05, 4.69) is 10.5 Å². The first-order valence-corrected chi connectivity index (χ1v) is 10.7.